The molecule has 11 heteroatoms. The molecule has 0 aliphatic carbocycles. The lowest BCUT2D eigenvalue weighted by atomic mass is 10.0. The number of halogens is 3. The number of aryl methyl sites for hydroxylation is 3. The molecule has 1 aliphatic heterocycles. The van der Waals surface area contributed by atoms with Gasteiger partial charge < -0.3 is 15.4 Å². The molecule has 0 unspecified atom stereocenters. The van der Waals surface area contributed by atoms with E-state index in [-0.39, 0.29) is 11.6 Å². The van der Waals surface area contributed by atoms with Crippen LogP contribution in [0.25, 0.3) is 0 Å². The molecule has 0 radical (unpaired) electrons. The Bertz CT molecular complexity index is 1430. The van der Waals surface area contributed by atoms with Crippen LogP contribution < -0.4 is 15.4 Å². The summed E-state index contributed by atoms with van der Waals surface area (Å²) in [5.74, 6) is 0.918. The standard InChI is InChI=1S/C29H29F3N6OS/c1-19-15-20(2)26(21(3)16-19)38-13-4-14-40-28(38)37-36-17-22-5-7-23(8-6-22)27(33)35-18-34-24-9-11-25(12-10-24)39-29(30,31)32/h5-12,15-18H,4,13-14H2,1-3H3,(H2,33,34,35)/b36-17+,37-28-. The third-order valence-electron chi connectivity index (χ3n) is 5.92. The first-order valence-electron chi connectivity index (χ1n) is 12.5. The summed E-state index contributed by atoms with van der Waals surface area (Å²) in [6.07, 6.45) is -0.724. The summed E-state index contributed by atoms with van der Waals surface area (Å²) in [7, 11) is 0. The Balaban J connectivity index is 1.39. The number of ether oxygens (including phenoxy) is 1. The van der Waals surface area contributed by atoms with Gasteiger partial charge in [0.2, 0.25) is 0 Å². The molecule has 3 aromatic rings. The van der Waals surface area contributed by atoms with E-state index in [2.05, 4.69) is 62.7 Å². The molecule has 0 bridgehead atoms. The lowest BCUT2D eigenvalue weighted by Gasteiger charge is -2.31. The van der Waals surface area contributed by atoms with Gasteiger partial charge in [-0.05, 0) is 68.1 Å². The van der Waals surface area contributed by atoms with E-state index in [4.69, 9.17) is 5.73 Å². The molecule has 208 valence electrons. The maximum Gasteiger partial charge on any atom is 0.573 e. The van der Waals surface area contributed by atoms with Gasteiger partial charge in [-0.1, -0.05) is 53.7 Å². The van der Waals surface area contributed by atoms with E-state index in [0.717, 1.165) is 29.4 Å². The predicted octanol–water partition coefficient (Wildman–Crippen LogP) is 6.91. The Morgan fingerprint density at radius 2 is 1.68 bits per heavy atom. The van der Waals surface area contributed by atoms with Crippen molar-refractivity contribution in [1.82, 2.24) is 0 Å². The summed E-state index contributed by atoms with van der Waals surface area (Å²) < 4.78 is 40.6. The average molecular weight is 567 g/mol. The number of hydrogen-bond donors (Lipinski definition) is 1. The Morgan fingerprint density at radius 1 is 1.00 bits per heavy atom. The topological polar surface area (TPSA) is 87.9 Å². The van der Waals surface area contributed by atoms with E-state index in [1.54, 1.807) is 18.0 Å². The van der Waals surface area contributed by atoms with Crippen LogP contribution in [-0.2, 0) is 0 Å². The van der Waals surface area contributed by atoms with Crippen molar-refractivity contribution in [3.05, 3.63) is 88.5 Å². The van der Waals surface area contributed by atoms with Crippen molar-refractivity contribution >= 4 is 46.7 Å². The van der Waals surface area contributed by atoms with Crippen LogP contribution in [0.1, 0.15) is 34.2 Å². The summed E-state index contributed by atoms with van der Waals surface area (Å²) in [6, 6.07) is 16.8. The molecule has 1 aliphatic rings. The zero-order valence-corrected chi connectivity index (χ0v) is 23.1. The zero-order valence-electron chi connectivity index (χ0n) is 22.3. The van der Waals surface area contributed by atoms with E-state index in [9.17, 15) is 13.2 Å². The van der Waals surface area contributed by atoms with Gasteiger partial charge in [-0.3, -0.25) is 0 Å². The number of benzene rings is 3. The van der Waals surface area contributed by atoms with E-state index in [1.807, 2.05) is 24.3 Å². The molecule has 1 saturated heterocycles. The second kappa shape index (κ2) is 12.8. The van der Waals surface area contributed by atoms with Crippen LogP contribution in [0.15, 0.2) is 80.9 Å². The largest absolute Gasteiger partial charge is 0.573 e. The van der Waals surface area contributed by atoms with Crippen LogP contribution >= 0.6 is 11.8 Å². The highest BCUT2D eigenvalue weighted by Gasteiger charge is 2.31. The summed E-state index contributed by atoms with van der Waals surface area (Å²) >= 11 is 1.70. The first-order valence-corrected chi connectivity index (χ1v) is 13.5. The van der Waals surface area contributed by atoms with Crippen molar-refractivity contribution < 1.29 is 17.9 Å². The number of nitrogens with two attached hydrogens (primary N) is 1. The smallest absolute Gasteiger partial charge is 0.406 e. The summed E-state index contributed by atoms with van der Waals surface area (Å²) in [5.41, 5.74) is 12.9. The van der Waals surface area contributed by atoms with E-state index in [1.165, 1.54) is 53.0 Å². The number of nitrogens with zero attached hydrogens (tertiary/aromatic N) is 5. The SMILES string of the molecule is Cc1cc(C)c(N2CCCS/C2=N\N=C\c2ccc(C(N)=NC=Nc3ccc(OC(F)(F)F)cc3)cc2)c(C)c1. The van der Waals surface area contributed by atoms with Gasteiger partial charge in [-0.25, -0.2) is 9.98 Å². The van der Waals surface area contributed by atoms with Gasteiger partial charge in [0.1, 0.15) is 17.9 Å². The summed E-state index contributed by atoms with van der Waals surface area (Å²) in [5, 5.41) is 9.77. The second-order valence-electron chi connectivity index (χ2n) is 9.15. The molecule has 0 aromatic heterocycles. The molecule has 7 nitrogen and oxygen atoms in total. The highest BCUT2D eigenvalue weighted by molar-refractivity contribution is 8.14. The third kappa shape index (κ3) is 7.95. The first-order chi connectivity index (χ1) is 19.1. The normalized spacial score (nSPS) is 15.9. The van der Waals surface area contributed by atoms with E-state index < -0.39 is 6.36 Å². The fourth-order valence-corrected chi connectivity index (χ4v) is 5.20. The molecular weight excluding hydrogens is 537 g/mol. The van der Waals surface area contributed by atoms with Gasteiger partial charge in [0.25, 0.3) is 0 Å². The number of thioether (sulfide) groups is 1. The maximum absolute atomic E-state index is 12.3. The summed E-state index contributed by atoms with van der Waals surface area (Å²) in [4.78, 5) is 10.4. The molecule has 0 spiro atoms. The fraction of sp³-hybridized carbons (Fsp3) is 0.241. The van der Waals surface area contributed by atoms with Gasteiger partial charge in [-0.15, -0.1) is 18.3 Å². The van der Waals surface area contributed by atoms with Gasteiger partial charge in [0.15, 0.2) is 5.17 Å². The molecule has 0 amide bonds. The number of hydrogen-bond acceptors (Lipinski definition) is 5. The van der Waals surface area contributed by atoms with Crippen LogP contribution in [0.5, 0.6) is 5.75 Å². The van der Waals surface area contributed by atoms with Crippen molar-refractivity contribution in [2.45, 2.75) is 33.6 Å². The predicted molar refractivity (Wildman–Crippen MR) is 159 cm³/mol. The Morgan fingerprint density at radius 3 is 2.33 bits per heavy atom. The maximum atomic E-state index is 12.3. The number of alkyl halides is 3. The minimum absolute atomic E-state index is 0.239. The monoisotopic (exact) mass is 566 g/mol. The molecule has 0 atom stereocenters. The van der Waals surface area contributed by atoms with Crippen LogP contribution in [0.3, 0.4) is 0 Å². The lowest BCUT2D eigenvalue weighted by molar-refractivity contribution is -0.274. The number of anilines is 1. The quantitative estimate of drug-likeness (QED) is 0.191. The molecule has 1 heterocycles. The molecule has 3 aromatic carbocycles. The minimum Gasteiger partial charge on any atom is -0.406 e. The van der Waals surface area contributed by atoms with Gasteiger partial charge in [0, 0.05) is 23.5 Å². The molecule has 40 heavy (non-hydrogen) atoms. The van der Waals surface area contributed by atoms with Crippen molar-refractivity contribution in [3.8, 4) is 5.75 Å². The molecular formula is C29H29F3N6OS. The number of rotatable bonds is 7. The molecule has 4 rings (SSSR count). The molecule has 0 saturated carbocycles. The van der Waals surface area contributed by atoms with Crippen molar-refractivity contribution in [3.63, 3.8) is 0 Å². The van der Waals surface area contributed by atoms with Crippen molar-refractivity contribution in [1.29, 1.82) is 0 Å². The Labute approximate surface area is 235 Å². The van der Waals surface area contributed by atoms with Crippen molar-refractivity contribution in [2.75, 3.05) is 17.2 Å². The first kappa shape index (κ1) is 28.9. The van der Waals surface area contributed by atoms with Crippen LogP contribution in [-0.4, -0.2) is 42.2 Å². The average Bonchev–Trinajstić information content (AvgIpc) is 2.89. The summed E-state index contributed by atoms with van der Waals surface area (Å²) in [6.45, 7) is 7.27. The van der Waals surface area contributed by atoms with Crippen LogP contribution in [0.4, 0.5) is 24.5 Å². The van der Waals surface area contributed by atoms with Gasteiger partial charge in [0.05, 0.1) is 11.9 Å². The van der Waals surface area contributed by atoms with Gasteiger partial charge >= 0.3 is 6.36 Å². The number of amidine groups is 2. The van der Waals surface area contributed by atoms with Crippen LogP contribution in [0.2, 0.25) is 0 Å². The second-order valence-corrected chi connectivity index (χ2v) is 10.2. The highest BCUT2D eigenvalue weighted by Crippen LogP contribution is 2.31. The fourth-order valence-electron chi connectivity index (χ4n) is 4.30. The zero-order chi connectivity index (χ0) is 28.7. The highest BCUT2D eigenvalue weighted by atomic mass is 32.2. The Kier molecular flexibility index (Phi) is 9.26. The van der Waals surface area contributed by atoms with E-state index in [0.29, 0.717) is 11.3 Å². The van der Waals surface area contributed by atoms with Crippen LogP contribution in [0, 0.1) is 20.8 Å². The minimum atomic E-state index is -4.74. The third-order valence-corrected chi connectivity index (χ3v) is 6.98. The molecule has 2 N–H and O–H groups in total. The van der Waals surface area contributed by atoms with Crippen molar-refractivity contribution in [2.24, 2.45) is 25.9 Å². The number of aliphatic imine (C=N–C) groups is 2. The lowest BCUT2D eigenvalue weighted by Crippen LogP contribution is -2.35. The van der Waals surface area contributed by atoms with Gasteiger partial charge in [-0.2, -0.15) is 5.10 Å². The van der Waals surface area contributed by atoms with E-state index >= 15 is 0 Å². The molecule has 1 fully saturated rings. The Hall–Kier alpha value is -4.12.